The van der Waals surface area contributed by atoms with Crippen molar-refractivity contribution in [3.63, 3.8) is 0 Å². The first kappa shape index (κ1) is 20.8. The zero-order chi connectivity index (χ0) is 20.8. The molecule has 0 radical (unpaired) electrons. The summed E-state index contributed by atoms with van der Waals surface area (Å²) in [5, 5.41) is 8.72. The predicted octanol–water partition coefficient (Wildman–Crippen LogP) is 4.18. The van der Waals surface area contributed by atoms with Crippen molar-refractivity contribution in [1.82, 2.24) is 9.97 Å². The first-order valence-corrected chi connectivity index (χ1v) is 10.2. The summed E-state index contributed by atoms with van der Waals surface area (Å²) in [6, 6.07) is 3.79. The molecule has 0 spiro atoms. The van der Waals surface area contributed by atoms with Gasteiger partial charge in [-0.3, -0.25) is 0 Å². The van der Waals surface area contributed by atoms with Crippen LogP contribution in [0.1, 0.15) is 18.1 Å². The van der Waals surface area contributed by atoms with Gasteiger partial charge in [-0.15, -0.1) is 10.8 Å². The number of aromatic nitrogens is 2. The van der Waals surface area contributed by atoms with Crippen LogP contribution in [-0.4, -0.2) is 39.0 Å². The Kier molecular flexibility index (Phi) is 12.2. The second-order valence-electron chi connectivity index (χ2n) is 4.27. The van der Waals surface area contributed by atoms with E-state index in [0.29, 0.717) is 22.6 Å². The Morgan fingerprint density at radius 3 is 2.00 bits per heavy atom. The van der Waals surface area contributed by atoms with Crippen LogP contribution in [0.2, 0.25) is 0 Å². The van der Waals surface area contributed by atoms with E-state index in [1.165, 1.54) is 5.56 Å². The number of aryl methyl sites for hydroxylation is 1. The largest absolute Gasteiger partial charge is 0.480 e. The number of aliphatic hydroxyl groups excluding tert-OH is 1. The summed E-state index contributed by atoms with van der Waals surface area (Å²) in [6.07, 6.45) is 4.39. The molecule has 1 N–H and O–H groups in total. The first-order valence-electron chi connectivity index (χ1n) is 8.07. The molecule has 0 aliphatic carbocycles. The summed E-state index contributed by atoms with van der Waals surface area (Å²) in [5.41, 5.74) is 1.97. The Hall–Kier alpha value is -0.475. The van der Waals surface area contributed by atoms with Crippen molar-refractivity contribution in [3.8, 4) is 11.8 Å². The Morgan fingerprint density at radius 2 is 1.68 bits per heavy atom. The second kappa shape index (κ2) is 14.7. The Morgan fingerprint density at radius 1 is 1.24 bits per heavy atom. The zero-order valence-corrected chi connectivity index (χ0v) is 18.7. The van der Waals surface area contributed by atoms with Gasteiger partial charge in [0, 0.05) is 12.4 Å². The maximum Gasteiger partial charge on any atom is 0.227 e. The van der Waals surface area contributed by atoms with Crippen LogP contribution in [0.3, 0.4) is 0 Å². The minimum atomic E-state index is -0.934. The first-order chi connectivity index (χ1) is 12.8. The molecule has 0 bridgehead atoms. The van der Waals surface area contributed by atoms with E-state index in [4.69, 9.17) is 27.9 Å². The molecule has 5 nitrogen and oxygen atoms in total. The standard InChI is InChI=1S/C8H10BrNO.C7H8BrNO2.BClH2S/c1-3-6-4-7(9)8(11-2)10-5-6;1-11-7-6(8)2-5(4-10)3-9-7;1-3-2/h4-5H,3H2,1-2H3;2-3,10H,4H2,1H3;1H2/i;;1TD. The minimum absolute atomic E-state index is 0.00437. The number of halogens is 3. The summed E-state index contributed by atoms with van der Waals surface area (Å²) in [5.74, 6) is 1.17. The molecule has 25 heavy (non-hydrogen) atoms. The van der Waals surface area contributed by atoms with Crippen LogP contribution >= 0.6 is 53.4 Å². The average Bonchev–Trinajstić information content (AvgIpc) is 2.68. The third-order valence-electron chi connectivity index (χ3n) is 2.71. The smallest absolute Gasteiger partial charge is 0.227 e. The number of hydrogen-bond donors (Lipinski definition) is 1. The molecule has 0 unspecified atom stereocenters. The van der Waals surface area contributed by atoms with Crippen LogP contribution in [0.5, 0.6) is 11.8 Å². The fraction of sp³-hybridized carbons (Fsp3) is 0.333. The number of nitrogens with zero attached hydrogens (tertiary/aromatic N) is 2. The highest BCUT2D eigenvalue weighted by atomic mass is 79.9. The molecule has 10 heteroatoms. The van der Waals surface area contributed by atoms with E-state index in [-0.39, 0.29) is 6.61 Å². The lowest BCUT2D eigenvalue weighted by Crippen LogP contribution is -1.91. The Labute approximate surface area is 177 Å². The van der Waals surface area contributed by atoms with Gasteiger partial charge in [0.2, 0.25) is 11.8 Å². The van der Waals surface area contributed by atoms with Gasteiger partial charge in [-0.2, -0.15) is 0 Å². The quantitative estimate of drug-likeness (QED) is 0.601. The Bertz CT molecular complexity index is 640. The van der Waals surface area contributed by atoms with Crippen molar-refractivity contribution in [2.75, 3.05) is 14.2 Å². The third kappa shape index (κ3) is 9.70. The van der Waals surface area contributed by atoms with Crippen molar-refractivity contribution in [2.45, 2.75) is 20.0 Å². The molecular weight excluding hydrogens is 494 g/mol. The lowest BCUT2D eigenvalue weighted by molar-refractivity contribution is 0.280. The van der Waals surface area contributed by atoms with Crippen molar-refractivity contribution in [2.24, 2.45) is 0 Å². The lowest BCUT2D eigenvalue weighted by atomic mass is 10.2. The molecule has 2 rings (SSSR count). The topological polar surface area (TPSA) is 64.5 Å². The molecular formula is C15H20BBr2ClN2O3S. The van der Waals surface area contributed by atoms with Crippen LogP contribution in [0, 0.1) is 0 Å². The maximum atomic E-state index is 8.72. The molecule has 0 amide bonds. The van der Waals surface area contributed by atoms with Gasteiger partial charge in [0.15, 0.2) is 7.05 Å². The van der Waals surface area contributed by atoms with Gasteiger partial charge in [-0.1, -0.05) is 17.6 Å². The predicted molar refractivity (Wildman–Crippen MR) is 114 cm³/mol. The highest BCUT2D eigenvalue weighted by Gasteiger charge is 2.01. The number of ether oxygens (including phenoxy) is 2. The molecule has 0 aliphatic heterocycles. The number of pyridine rings is 2. The van der Waals surface area contributed by atoms with E-state index >= 15 is 0 Å². The van der Waals surface area contributed by atoms with E-state index in [0.717, 1.165) is 20.9 Å². The number of methoxy groups -OCH3 is 2. The van der Waals surface area contributed by atoms with Crippen LogP contribution < -0.4 is 9.47 Å². The molecule has 0 saturated heterocycles. The zero-order valence-electron chi connectivity index (χ0n) is 16.0. The van der Waals surface area contributed by atoms with Gasteiger partial charge in [0.05, 0.1) is 29.8 Å². The van der Waals surface area contributed by atoms with Gasteiger partial charge in [0.1, 0.15) is 0 Å². The van der Waals surface area contributed by atoms with E-state index in [1.807, 2.05) is 12.3 Å². The van der Waals surface area contributed by atoms with E-state index in [9.17, 15) is 0 Å². The number of aliphatic hydroxyl groups is 1. The van der Waals surface area contributed by atoms with Gasteiger partial charge in [-0.05, 0) is 64.2 Å². The molecule has 2 aromatic rings. The fourth-order valence-electron chi connectivity index (χ4n) is 1.51. The van der Waals surface area contributed by atoms with Crippen molar-refractivity contribution in [1.29, 1.82) is 2.67 Å². The van der Waals surface area contributed by atoms with Gasteiger partial charge < -0.3 is 14.6 Å². The molecule has 138 valence electrons. The third-order valence-corrected chi connectivity index (χ3v) is 3.84. The average molecular weight is 517 g/mol. The molecule has 0 saturated carbocycles. The normalized spacial score (nSPS) is 10.2. The van der Waals surface area contributed by atoms with Crippen LogP contribution in [-0.2, 0) is 13.0 Å². The fourth-order valence-corrected chi connectivity index (χ4v) is 2.63. The highest BCUT2D eigenvalue weighted by Crippen LogP contribution is 2.23. The lowest BCUT2D eigenvalue weighted by Gasteiger charge is -2.02. The van der Waals surface area contributed by atoms with Crippen LogP contribution in [0.25, 0.3) is 0 Å². The van der Waals surface area contributed by atoms with Crippen molar-refractivity contribution < 1.29 is 14.6 Å². The van der Waals surface area contributed by atoms with Crippen LogP contribution in [0.15, 0.2) is 33.5 Å². The van der Waals surface area contributed by atoms with Crippen molar-refractivity contribution in [3.05, 3.63) is 44.6 Å². The molecule has 0 aromatic carbocycles. The summed E-state index contributed by atoms with van der Waals surface area (Å²) in [7, 11) is 7.79. The van der Waals surface area contributed by atoms with Gasteiger partial charge in [0.25, 0.3) is 0 Å². The molecule has 2 heterocycles. The van der Waals surface area contributed by atoms with E-state index in [1.54, 1.807) is 26.5 Å². The summed E-state index contributed by atoms with van der Waals surface area (Å²) < 4.78 is 24.2. The number of rotatable bonds is 5. The highest BCUT2D eigenvalue weighted by molar-refractivity contribution is 9.10. The summed E-state index contributed by atoms with van der Waals surface area (Å²) in [4.78, 5) is 8.04. The number of hydrogen-bond acceptors (Lipinski definition) is 6. The second-order valence-corrected chi connectivity index (χ2v) is 6.69. The van der Waals surface area contributed by atoms with Crippen LogP contribution in [0.4, 0.5) is 0 Å². The van der Waals surface area contributed by atoms with Gasteiger partial charge in [-0.25, -0.2) is 9.97 Å². The van der Waals surface area contributed by atoms with E-state index < -0.39 is 7.05 Å². The SMILES string of the molecule is CCc1cnc(OC)c(Br)c1.COc1ncc(CO)cc1Br.[2H]B([3H])SCl. The molecule has 0 fully saturated rings. The molecule has 2 aromatic heterocycles. The summed E-state index contributed by atoms with van der Waals surface area (Å²) >= 11 is 6.61. The maximum absolute atomic E-state index is 8.72. The monoisotopic (exact) mass is 515 g/mol. The van der Waals surface area contributed by atoms with E-state index in [2.05, 4.69) is 48.8 Å². The Balaban J connectivity index is 0.000000405. The molecule has 0 aliphatic rings. The summed E-state index contributed by atoms with van der Waals surface area (Å²) in [6.45, 7) is 2.09. The van der Waals surface area contributed by atoms with Crippen molar-refractivity contribution >= 4 is 60.4 Å². The minimum Gasteiger partial charge on any atom is -0.480 e. The molecule has 0 atom stereocenters. The van der Waals surface area contributed by atoms with Gasteiger partial charge >= 0.3 is 0 Å².